The standard InChI is InChI=1S/C27H37NO8/c1-13(29)35-16-10-26(5)15(8-9-17(26)30)19-21(16)27(6)18(12-34-7)36-24(33)14(11-28-25(2,3)4)20(27)23(32)22(19)31/h11,15-18,28,30,32H,8-10,12H2,1-7H3/t15?,16-,17+,18-,26+,27+/m1/s1. The summed E-state index contributed by atoms with van der Waals surface area (Å²) in [5.74, 6) is -2.69. The predicted octanol–water partition coefficient (Wildman–Crippen LogP) is 2.64. The fourth-order valence-electron chi connectivity index (χ4n) is 6.57. The Bertz CT molecular complexity index is 1100. The number of allylic oxidation sites excluding steroid dienone is 1. The second-order valence-electron chi connectivity index (χ2n) is 11.8. The van der Waals surface area contributed by atoms with Gasteiger partial charge in [0.25, 0.3) is 0 Å². The molecule has 3 aliphatic carbocycles. The van der Waals surface area contributed by atoms with E-state index >= 15 is 0 Å². The first-order valence-electron chi connectivity index (χ1n) is 12.4. The van der Waals surface area contributed by atoms with E-state index in [4.69, 9.17) is 14.2 Å². The van der Waals surface area contributed by atoms with Gasteiger partial charge in [-0.15, -0.1) is 0 Å². The van der Waals surface area contributed by atoms with Gasteiger partial charge in [-0.3, -0.25) is 9.59 Å². The van der Waals surface area contributed by atoms with Crippen LogP contribution in [0.1, 0.15) is 60.8 Å². The van der Waals surface area contributed by atoms with Crippen LogP contribution in [0.15, 0.2) is 34.3 Å². The molecule has 1 saturated carbocycles. The normalized spacial score (nSPS) is 37.4. The minimum Gasteiger partial charge on any atom is -0.504 e. The van der Waals surface area contributed by atoms with Crippen molar-refractivity contribution in [3.63, 3.8) is 0 Å². The van der Waals surface area contributed by atoms with Gasteiger partial charge in [-0.1, -0.05) is 6.92 Å². The number of methoxy groups -OCH3 is 1. The van der Waals surface area contributed by atoms with Crippen LogP contribution in [0.2, 0.25) is 0 Å². The summed E-state index contributed by atoms with van der Waals surface area (Å²) in [4.78, 5) is 39.3. The summed E-state index contributed by atoms with van der Waals surface area (Å²) >= 11 is 0. The summed E-state index contributed by atoms with van der Waals surface area (Å²) in [6.45, 7) is 10.7. The predicted molar refractivity (Wildman–Crippen MR) is 130 cm³/mol. The van der Waals surface area contributed by atoms with Crippen LogP contribution in [0.3, 0.4) is 0 Å². The largest absolute Gasteiger partial charge is 0.504 e. The Morgan fingerprint density at radius 1 is 1.25 bits per heavy atom. The molecule has 1 aliphatic heterocycles. The van der Waals surface area contributed by atoms with Crippen LogP contribution >= 0.6 is 0 Å². The number of ketones is 1. The maximum atomic E-state index is 13.9. The lowest BCUT2D eigenvalue weighted by Gasteiger charge is -2.54. The third-order valence-electron chi connectivity index (χ3n) is 8.31. The van der Waals surface area contributed by atoms with Crippen LogP contribution < -0.4 is 5.32 Å². The Morgan fingerprint density at radius 3 is 2.50 bits per heavy atom. The third-order valence-corrected chi connectivity index (χ3v) is 8.31. The molecule has 9 nitrogen and oxygen atoms in total. The fraction of sp³-hybridized carbons (Fsp3) is 0.667. The van der Waals surface area contributed by atoms with E-state index in [1.54, 1.807) is 6.92 Å². The molecule has 36 heavy (non-hydrogen) atoms. The fourth-order valence-corrected chi connectivity index (χ4v) is 6.57. The van der Waals surface area contributed by atoms with Gasteiger partial charge in [-0.25, -0.2) is 4.79 Å². The van der Waals surface area contributed by atoms with E-state index in [-0.39, 0.29) is 23.7 Å². The molecule has 4 aliphatic rings. The molecule has 0 spiro atoms. The van der Waals surface area contributed by atoms with E-state index in [1.807, 2.05) is 27.7 Å². The summed E-state index contributed by atoms with van der Waals surface area (Å²) in [6.07, 6.45) is 0.401. The molecule has 198 valence electrons. The van der Waals surface area contributed by atoms with Gasteiger partial charge in [-0.05, 0) is 58.4 Å². The topological polar surface area (TPSA) is 131 Å². The van der Waals surface area contributed by atoms with Crippen molar-refractivity contribution < 1.29 is 38.8 Å². The van der Waals surface area contributed by atoms with Gasteiger partial charge in [0, 0.05) is 42.3 Å². The summed E-state index contributed by atoms with van der Waals surface area (Å²) in [5.41, 5.74) is -1.28. The van der Waals surface area contributed by atoms with Crippen molar-refractivity contribution in [1.29, 1.82) is 0 Å². The lowest BCUT2D eigenvalue weighted by atomic mass is 9.53. The summed E-state index contributed by atoms with van der Waals surface area (Å²) < 4.78 is 17.1. The maximum absolute atomic E-state index is 13.9. The zero-order chi connectivity index (χ0) is 26.8. The molecule has 4 rings (SSSR count). The highest BCUT2D eigenvalue weighted by molar-refractivity contribution is 6.13. The quantitative estimate of drug-likeness (QED) is 0.391. The number of aliphatic hydroxyl groups is 2. The molecule has 1 unspecified atom stereocenters. The number of rotatable bonds is 4. The van der Waals surface area contributed by atoms with Gasteiger partial charge in [0.2, 0.25) is 5.78 Å². The van der Waals surface area contributed by atoms with Crippen LogP contribution in [0, 0.1) is 16.7 Å². The second kappa shape index (κ2) is 8.73. The Balaban J connectivity index is 2.01. The number of esters is 2. The molecule has 0 amide bonds. The maximum Gasteiger partial charge on any atom is 0.340 e. The van der Waals surface area contributed by atoms with E-state index in [1.165, 1.54) is 20.2 Å². The Labute approximate surface area is 211 Å². The number of cyclic esters (lactones) is 1. The Hall–Kier alpha value is -2.65. The molecule has 1 saturated heterocycles. The number of fused-ring (bicyclic) bond motifs is 4. The smallest absolute Gasteiger partial charge is 0.340 e. The molecule has 2 fully saturated rings. The SMILES string of the molecule is COC[C@H]1OC(=O)C(=CNC(C)(C)C)C2=C(O)C(=O)C3=C([C@H](OC(C)=O)C[C@@]4(C)C3CC[C@@H]4O)[C@]21C. The zero-order valence-corrected chi connectivity index (χ0v) is 22.1. The second-order valence-corrected chi connectivity index (χ2v) is 11.8. The molecule has 1 heterocycles. The van der Waals surface area contributed by atoms with Gasteiger partial charge < -0.3 is 29.7 Å². The molecule has 0 aromatic rings. The van der Waals surface area contributed by atoms with E-state index in [0.717, 1.165) is 0 Å². The molecule has 0 bridgehead atoms. The van der Waals surface area contributed by atoms with Crippen LogP contribution in [0.5, 0.6) is 0 Å². The first kappa shape index (κ1) is 26.4. The molecule has 0 aromatic carbocycles. The van der Waals surface area contributed by atoms with Crippen molar-refractivity contribution in [2.24, 2.45) is 16.7 Å². The van der Waals surface area contributed by atoms with Crippen molar-refractivity contribution in [2.75, 3.05) is 13.7 Å². The number of nitrogens with one attached hydrogen (secondary N) is 1. The van der Waals surface area contributed by atoms with E-state index < -0.39 is 58.2 Å². The van der Waals surface area contributed by atoms with Crippen LogP contribution in [-0.4, -0.2) is 65.5 Å². The van der Waals surface area contributed by atoms with Crippen molar-refractivity contribution in [3.8, 4) is 0 Å². The number of hydrogen-bond acceptors (Lipinski definition) is 9. The summed E-state index contributed by atoms with van der Waals surface area (Å²) in [7, 11) is 1.48. The van der Waals surface area contributed by atoms with Crippen LogP contribution in [0.4, 0.5) is 0 Å². The lowest BCUT2D eigenvalue weighted by Crippen LogP contribution is -2.57. The number of aliphatic hydroxyl groups excluding tert-OH is 2. The summed E-state index contributed by atoms with van der Waals surface area (Å²) in [6, 6.07) is 0. The average molecular weight is 504 g/mol. The molecule has 0 aromatic heterocycles. The minimum atomic E-state index is -1.21. The van der Waals surface area contributed by atoms with Crippen molar-refractivity contribution in [3.05, 3.63) is 34.3 Å². The van der Waals surface area contributed by atoms with Crippen molar-refractivity contribution in [1.82, 2.24) is 5.32 Å². The van der Waals surface area contributed by atoms with E-state index in [2.05, 4.69) is 5.32 Å². The zero-order valence-electron chi connectivity index (χ0n) is 22.1. The molecular formula is C27H37NO8. The van der Waals surface area contributed by atoms with Gasteiger partial charge in [0.1, 0.15) is 12.2 Å². The van der Waals surface area contributed by atoms with Crippen LogP contribution in [-0.2, 0) is 28.6 Å². The first-order valence-corrected chi connectivity index (χ1v) is 12.4. The van der Waals surface area contributed by atoms with Crippen molar-refractivity contribution in [2.45, 2.75) is 84.7 Å². The number of Topliss-reactive ketones (excluding diaryl/α,β-unsaturated/α-hetero) is 1. The average Bonchev–Trinajstić information content (AvgIpc) is 3.05. The molecule has 6 atom stereocenters. The highest BCUT2D eigenvalue weighted by Gasteiger charge is 2.64. The Kier molecular flexibility index (Phi) is 6.41. The molecule has 3 N–H and O–H groups in total. The molecule has 9 heteroatoms. The van der Waals surface area contributed by atoms with Gasteiger partial charge >= 0.3 is 11.9 Å². The van der Waals surface area contributed by atoms with Gasteiger partial charge in [0.05, 0.1) is 23.7 Å². The minimum absolute atomic E-state index is 0.00131. The van der Waals surface area contributed by atoms with Crippen molar-refractivity contribution >= 4 is 17.7 Å². The molecular weight excluding hydrogens is 466 g/mol. The number of carbonyl (C=O) groups excluding carboxylic acids is 3. The number of carbonyl (C=O) groups is 3. The first-order chi connectivity index (χ1) is 16.7. The third kappa shape index (κ3) is 3.87. The lowest BCUT2D eigenvalue weighted by molar-refractivity contribution is -0.160. The monoisotopic (exact) mass is 503 g/mol. The van der Waals surface area contributed by atoms with Gasteiger partial charge in [-0.2, -0.15) is 0 Å². The number of ether oxygens (including phenoxy) is 3. The Morgan fingerprint density at radius 2 is 1.92 bits per heavy atom. The van der Waals surface area contributed by atoms with E-state index in [0.29, 0.717) is 30.4 Å². The summed E-state index contributed by atoms with van der Waals surface area (Å²) in [5, 5.41) is 25.4. The molecule has 0 radical (unpaired) electrons. The number of hydrogen-bond donors (Lipinski definition) is 3. The van der Waals surface area contributed by atoms with Gasteiger partial charge in [0.15, 0.2) is 5.76 Å². The highest BCUT2D eigenvalue weighted by Crippen LogP contribution is 2.63. The van der Waals surface area contributed by atoms with Crippen LogP contribution in [0.25, 0.3) is 0 Å². The highest BCUT2D eigenvalue weighted by atomic mass is 16.6. The van der Waals surface area contributed by atoms with E-state index in [9.17, 15) is 24.6 Å².